The highest BCUT2D eigenvalue weighted by Gasteiger charge is 2.36. The van der Waals surface area contributed by atoms with Crippen LogP contribution in [0.3, 0.4) is 0 Å². The van der Waals surface area contributed by atoms with Crippen LogP contribution in [0.5, 0.6) is 23.0 Å². The van der Waals surface area contributed by atoms with Crippen molar-refractivity contribution in [3.05, 3.63) is 77.4 Å². The van der Waals surface area contributed by atoms with E-state index >= 15 is 0 Å². The largest absolute Gasteiger partial charge is 0.490 e. The number of carbonyl (C=O) groups excluding carboxylic acids is 3. The molecular formula is C27H25NO7. The zero-order valence-corrected chi connectivity index (χ0v) is 19.7. The minimum atomic E-state index is -0.622. The number of benzene rings is 3. The molecule has 0 atom stereocenters. The molecule has 0 aromatic heterocycles. The Morgan fingerprint density at radius 2 is 1.26 bits per heavy atom. The second kappa shape index (κ2) is 10.3. The number of ether oxygens (including phenoxy) is 4. The molecule has 0 saturated carbocycles. The number of carbonyl (C=O) groups is 3. The van der Waals surface area contributed by atoms with Crippen LogP contribution >= 0.6 is 0 Å². The Labute approximate surface area is 203 Å². The molecule has 8 heteroatoms. The van der Waals surface area contributed by atoms with Crippen LogP contribution in [0.2, 0.25) is 0 Å². The van der Waals surface area contributed by atoms with Gasteiger partial charge in [0.1, 0.15) is 5.75 Å². The van der Waals surface area contributed by atoms with Gasteiger partial charge in [-0.2, -0.15) is 0 Å². The number of imide groups is 1. The number of amides is 2. The molecule has 0 bridgehead atoms. The number of hydrogen-bond acceptors (Lipinski definition) is 7. The summed E-state index contributed by atoms with van der Waals surface area (Å²) < 4.78 is 22.5. The van der Waals surface area contributed by atoms with Gasteiger partial charge in [0.25, 0.3) is 11.8 Å². The predicted molar refractivity (Wildman–Crippen MR) is 129 cm³/mol. The molecule has 0 saturated heterocycles. The lowest BCUT2D eigenvalue weighted by atomic mass is 10.1. The van der Waals surface area contributed by atoms with Crippen molar-refractivity contribution in [1.82, 2.24) is 0 Å². The summed E-state index contributed by atoms with van der Waals surface area (Å²) in [4.78, 5) is 39.4. The van der Waals surface area contributed by atoms with Crippen LogP contribution in [-0.4, -0.2) is 37.6 Å². The lowest BCUT2D eigenvalue weighted by molar-refractivity contribution is 0.0732. The summed E-state index contributed by atoms with van der Waals surface area (Å²) >= 11 is 0. The first-order valence-electron chi connectivity index (χ1n) is 11.3. The van der Waals surface area contributed by atoms with E-state index in [9.17, 15) is 14.4 Å². The standard InChI is InChI=1S/C27H25NO7/c1-4-32-22-15-17(16-23(33-5-2)24(22)34-6-3)27(31)35-19-13-11-18(12-14-19)28-25(29)20-9-7-8-10-21(20)26(28)30/h7-16H,4-6H2,1-3H3. The fourth-order valence-electron chi connectivity index (χ4n) is 3.76. The second-order valence-electron chi connectivity index (χ2n) is 7.48. The molecule has 1 aliphatic heterocycles. The molecule has 180 valence electrons. The van der Waals surface area contributed by atoms with Gasteiger partial charge in [-0.05, 0) is 69.3 Å². The van der Waals surface area contributed by atoms with Crippen LogP contribution in [0.1, 0.15) is 51.8 Å². The van der Waals surface area contributed by atoms with E-state index < -0.39 is 17.8 Å². The lowest BCUT2D eigenvalue weighted by Crippen LogP contribution is -2.29. The van der Waals surface area contributed by atoms with Crippen LogP contribution < -0.4 is 23.8 Å². The molecule has 8 nitrogen and oxygen atoms in total. The third-order valence-electron chi connectivity index (χ3n) is 5.24. The van der Waals surface area contributed by atoms with Gasteiger partial charge < -0.3 is 18.9 Å². The van der Waals surface area contributed by atoms with Crippen LogP contribution in [-0.2, 0) is 0 Å². The van der Waals surface area contributed by atoms with Crippen molar-refractivity contribution < 1.29 is 33.3 Å². The van der Waals surface area contributed by atoms with E-state index in [2.05, 4.69) is 0 Å². The van der Waals surface area contributed by atoms with Crippen molar-refractivity contribution in [2.45, 2.75) is 20.8 Å². The Balaban J connectivity index is 1.55. The van der Waals surface area contributed by atoms with E-state index in [1.165, 1.54) is 12.1 Å². The quantitative estimate of drug-likeness (QED) is 0.247. The monoisotopic (exact) mass is 475 g/mol. The Morgan fingerprint density at radius 1 is 0.743 bits per heavy atom. The van der Waals surface area contributed by atoms with Crippen molar-refractivity contribution in [3.63, 3.8) is 0 Å². The lowest BCUT2D eigenvalue weighted by Gasteiger charge is -2.17. The second-order valence-corrected chi connectivity index (χ2v) is 7.48. The molecule has 4 rings (SSSR count). The maximum atomic E-state index is 12.9. The first kappa shape index (κ1) is 23.8. The summed E-state index contributed by atoms with van der Waals surface area (Å²) in [6, 6.07) is 15.9. The van der Waals surface area contributed by atoms with Gasteiger partial charge in [-0.15, -0.1) is 0 Å². The summed E-state index contributed by atoms with van der Waals surface area (Å²) in [6.45, 7) is 6.67. The minimum absolute atomic E-state index is 0.227. The third-order valence-corrected chi connectivity index (χ3v) is 5.24. The van der Waals surface area contributed by atoms with Crippen LogP contribution in [0.25, 0.3) is 0 Å². The van der Waals surface area contributed by atoms with Gasteiger partial charge in [0, 0.05) is 0 Å². The number of esters is 1. The van der Waals surface area contributed by atoms with E-state index in [0.29, 0.717) is 53.9 Å². The normalized spacial score (nSPS) is 12.4. The molecular weight excluding hydrogens is 450 g/mol. The van der Waals surface area contributed by atoms with Crippen molar-refractivity contribution in [1.29, 1.82) is 0 Å². The van der Waals surface area contributed by atoms with E-state index in [1.54, 1.807) is 48.5 Å². The minimum Gasteiger partial charge on any atom is -0.490 e. The summed E-state index contributed by atoms with van der Waals surface area (Å²) in [5.41, 5.74) is 1.33. The molecule has 0 aliphatic carbocycles. The maximum Gasteiger partial charge on any atom is 0.343 e. The molecule has 1 aliphatic rings. The summed E-state index contributed by atoms with van der Waals surface area (Å²) in [5, 5.41) is 0. The zero-order chi connectivity index (χ0) is 24.9. The smallest absolute Gasteiger partial charge is 0.343 e. The Kier molecular flexibility index (Phi) is 7.01. The Hall–Kier alpha value is -4.33. The van der Waals surface area contributed by atoms with Gasteiger partial charge in [0.05, 0.1) is 42.2 Å². The predicted octanol–water partition coefficient (Wildman–Crippen LogP) is 4.90. The molecule has 35 heavy (non-hydrogen) atoms. The molecule has 0 spiro atoms. The first-order valence-corrected chi connectivity index (χ1v) is 11.3. The van der Waals surface area contributed by atoms with Crippen LogP contribution in [0.4, 0.5) is 5.69 Å². The highest BCUT2D eigenvalue weighted by atomic mass is 16.5. The van der Waals surface area contributed by atoms with Gasteiger partial charge in [0.2, 0.25) is 5.75 Å². The fourth-order valence-corrected chi connectivity index (χ4v) is 3.76. The fraction of sp³-hybridized carbons (Fsp3) is 0.222. The van der Waals surface area contributed by atoms with Crippen molar-refractivity contribution in [2.75, 3.05) is 24.7 Å². The molecule has 0 fully saturated rings. The van der Waals surface area contributed by atoms with E-state index in [1.807, 2.05) is 20.8 Å². The number of nitrogens with zero attached hydrogens (tertiary/aromatic N) is 1. The van der Waals surface area contributed by atoms with Gasteiger partial charge >= 0.3 is 5.97 Å². The number of anilines is 1. The highest BCUT2D eigenvalue weighted by molar-refractivity contribution is 6.34. The number of fused-ring (bicyclic) bond motifs is 1. The Morgan fingerprint density at radius 3 is 1.74 bits per heavy atom. The number of hydrogen-bond donors (Lipinski definition) is 0. The molecule has 0 radical (unpaired) electrons. The molecule has 2 amide bonds. The van der Waals surface area contributed by atoms with Gasteiger partial charge in [-0.1, -0.05) is 12.1 Å². The van der Waals surface area contributed by atoms with Crippen molar-refractivity contribution in [3.8, 4) is 23.0 Å². The molecule has 3 aromatic carbocycles. The topological polar surface area (TPSA) is 91.4 Å². The first-order chi connectivity index (χ1) is 17.0. The van der Waals surface area contributed by atoms with E-state index in [0.717, 1.165) is 4.90 Å². The van der Waals surface area contributed by atoms with E-state index in [4.69, 9.17) is 18.9 Å². The van der Waals surface area contributed by atoms with Crippen LogP contribution in [0, 0.1) is 0 Å². The number of rotatable bonds is 9. The SMILES string of the molecule is CCOc1cc(C(=O)Oc2ccc(N3C(=O)c4ccccc4C3=O)cc2)cc(OCC)c1OCC. The maximum absolute atomic E-state index is 12.9. The molecule has 1 heterocycles. The van der Waals surface area contributed by atoms with Gasteiger partial charge in [-0.3, -0.25) is 9.59 Å². The highest BCUT2D eigenvalue weighted by Crippen LogP contribution is 2.39. The van der Waals surface area contributed by atoms with Crippen molar-refractivity contribution in [2.24, 2.45) is 0 Å². The summed E-state index contributed by atoms with van der Waals surface area (Å²) in [5.74, 6) is 0.0383. The third kappa shape index (κ3) is 4.68. The molecule has 3 aromatic rings. The van der Waals surface area contributed by atoms with E-state index in [-0.39, 0.29) is 11.3 Å². The average Bonchev–Trinajstić information content (AvgIpc) is 3.12. The Bertz CT molecular complexity index is 1200. The molecule has 0 unspecified atom stereocenters. The van der Waals surface area contributed by atoms with Gasteiger partial charge in [0.15, 0.2) is 11.5 Å². The van der Waals surface area contributed by atoms with Gasteiger partial charge in [-0.25, -0.2) is 9.69 Å². The van der Waals surface area contributed by atoms with Crippen molar-refractivity contribution >= 4 is 23.5 Å². The average molecular weight is 475 g/mol. The van der Waals surface area contributed by atoms with Crippen LogP contribution in [0.15, 0.2) is 60.7 Å². The zero-order valence-electron chi connectivity index (χ0n) is 19.7. The summed E-state index contributed by atoms with van der Waals surface area (Å²) in [7, 11) is 0. The summed E-state index contributed by atoms with van der Waals surface area (Å²) in [6.07, 6.45) is 0. The molecule has 0 N–H and O–H groups in total.